The van der Waals surface area contributed by atoms with Gasteiger partial charge in [0.05, 0.1) is 23.1 Å². The van der Waals surface area contributed by atoms with Crippen LogP contribution in [0.1, 0.15) is 24.1 Å². The molecule has 146 valence electrons. The molecule has 6 nitrogen and oxygen atoms in total. The Labute approximate surface area is 168 Å². The average Bonchev–Trinajstić information content (AvgIpc) is 3.27. The summed E-state index contributed by atoms with van der Waals surface area (Å²) in [5.74, 6) is 1.23. The van der Waals surface area contributed by atoms with E-state index < -0.39 is 0 Å². The summed E-state index contributed by atoms with van der Waals surface area (Å²) >= 11 is 1.57. The molecule has 4 rings (SSSR count). The maximum Gasteiger partial charge on any atom is 0.131 e. The number of aliphatic hydroxyl groups is 1. The molecule has 1 aliphatic rings. The number of aromatic nitrogens is 3. The van der Waals surface area contributed by atoms with Crippen LogP contribution in [0.25, 0.3) is 11.3 Å². The molecule has 1 atom stereocenters. The van der Waals surface area contributed by atoms with Crippen LogP contribution in [0.15, 0.2) is 47.7 Å². The van der Waals surface area contributed by atoms with E-state index in [-0.39, 0.29) is 6.61 Å². The van der Waals surface area contributed by atoms with Crippen LogP contribution < -0.4 is 4.74 Å². The summed E-state index contributed by atoms with van der Waals surface area (Å²) in [4.78, 5) is 15.3. The summed E-state index contributed by atoms with van der Waals surface area (Å²) in [6, 6.07) is 6.18. The topological polar surface area (TPSA) is 71.4 Å². The van der Waals surface area contributed by atoms with E-state index in [9.17, 15) is 5.11 Å². The van der Waals surface area contributed by atoms with Crippen LogP contribution >= 0.6 is 11.3 Å². The Morgan fingerprint density at radius 1 is 1.25 bits per heavy atom. The van der Waals surface area contributed by atoms with Crippen LogP contribution in [0.4, 0.5) is 0 Å². The fourth-order valence-electron chi connectivity index (χ4n) is 3.60. The second-order valence-electron chi connectivity index (χ2n) is 7.11. The van der Waals surface area contributed by atoms with Gasteiger partial charge in [0.1, 0.15) is 12.4 Å². The predicted octanol–water partition coefficient (Wildman–Crippen LogP) is 3.38. The zero-order chi connectivity index (χ0) is 19.2. The monoisotopic (exact) mass is 396 g/mol. The number of piperidine rings is 1. The molecule has 1 aromatic carbocycles. The molecular formula is C21H24N4O2S. The third kappa shape index (κ3) is 4.73. The number of ether oxygens (including phenoxy) is 1. The molecule has 0 spiro atoms. The van der Waals surface area contributed by atoms with Crippen LogP contribution in [0.2, 0.25) is 0 Å². The minimum Gasteiger partial charge on any atom is -0.487 e. The molecule has 0 radical (unpaired) electrons. The Hall–Kier alpha value is -2.35. The minimum atomic E-state index is 0.253. The van der Waals surface area contributed by atoms with Crippen molar-refractivity contribution in [1.29, 1.82) is 0 Å². The first-order valence-electron chi connectivity index (χ1n) is 9.54. The van der Waals surface area contributed by atoms with Gasteiger partial charge in [-0.1, -0.05) is 0 Å². The Kier molecular flexibility index (Phi) is 6.26. The summed E-state index contributed by atoms with van der Waals surface area (Å²) < 4.78 is 6.10. The molecule has 1 saturated heterocycles. The van der Waals surface area contributed by atoms with E-state index in [1.807, 2.05) is 23.0 Å². The van der Waals surface area contributed by atoms with E-state index in [1.165, 1.54) is 0 Å². The van der Waals surface area contributed by atoms with Crippen molar-refractivity contribution in [3.63, 3.8) is 0 Å². The van der Waals surface area contributed by atoms with E-state index in [1.54, 1.807) is 29.9 Å². The highest BCUT2D eigenvalue weighted by molar-refractivity contribution is 7.07. The Bertz CT molecular complexity index is 873. The van der Waals surface area contributed by atoms with Gasteiger partial charge in [-0.3, -0.25) is 14.9 Å². The molecule has 1 aliphatic heterocycles. The average molecular weight is 397 g/mol. The van der Waals surface area contributed by atoms with Crippen molar-refractivity contribution >= 4 is 11.3 Å². The predicted molar refractivity (Wildman–Crippen MR) is 109 cm³/mol. The van der Waals surface area contributed by atoms with Gasteiger partial charge < -0.3 is 9.84 Å². The number of aliphatic hydroxyl groups excluding tert-OH is 1. The first-order valence-corrected chi connectivity index (χ1v) is 10.5. The highest BCUT2D eigenvalue weighted by atomic mass is 32.1. The Balaban J connectivity index is 1.57. The highest BCUT2D eigenvalue weighted by Gasteiger charge is 2.21. The summed E-state index contributed by atoms with van der Waals surface area (Å²) in [6.07, 6.45) is 7.37. The molecule has 1 fully saturated rings. The molecule has 3 heterocycles. The Morgan fingerprint density at radius 3 is 3.00 bits per heavy atom. The fraction of sp³-hybridized carbons (Fsp3) is 0.381. The first kappa shape index (κ1) is 19.0. The summed E-state index contributed by atoms with van der Waals surface area (Å²) in [7, 11) is 0. The molecule has 1 N–H and O–H groups in total. The lowest BCUT2D eigenvalue weighted by atomic mass is 9.98. The second-order valence-corrected chi connectivity index (χ2v) is 7.83. The number of likely N-dealkylation sites (tertiary alicyclic amines) is 1. The SMILES string of the molecule is OCC1CCCN(Cc2cc(-c3cnccn3)ccc2OCc2cscn2)C1. The minimum absolute atomic E-state index is 0.253. The maximum atomic E-state index is 9.54. The van der Waals surface area contributed by atoms with Crippen LogP contribution in [0.3, 0.4) is 0 Å². The van der Waals surface area contributed by atoms with Gasteiger partial charge in [-0.15, -0.1) is 11.3 Å². The van der Waals surface area contributed by atoms with Crippen molar-refractivity contribution < 1.29 is 9.84 Å². The van der Waals surface area contributed by atoms with Crippen molar-refractivity contribution in [3.05, 3.63) is 58.9 Å². The third-order valence-electron chi connectivity index (χ3n) is 5.03. The van der Waals surface area contributed by atoms with Crippen LogP contribution in [-0.4, -0.2) is 44.7 Å². The summed E-state index contributed by atoms with van der Waals surface area (Å²) in [6.45, 7) is 3.45. The zero-order valence-corrected chi connectivity index (χ0v) is 16.5. The molecule has 7 heteroatoms. The highest BCUT2D eigenvalue weighted by Crippen LogP contribution is 2.29. The van der Waals surface area contributed by atoms with Gasteiger partial charge in [0.2, 0.25) is 0 Å². The van der Waals surface area contributed by atoms with Crippen molar-refractivity contribution in [2.24, 2.45) is 5.92 Å². The van der Waals surface area contributed by atoms with Crippen molar-refractivity contribution in [2.45, 2.75) is 26.0 Å². The van der Waals surface area contributed by atoms with E-state index >= 15 is 0 Å². The lowest BCUT2D eigenvalue weighted by Gasteiger charge is -2.32. The lowest BCUT2D eigenvalue weighted by Crippen LogP contribution is -2.36. The third-order valence-corrected chi connectivity index (χ3v) is 5.67. The van der Waals surface area contributed by atoms with E-state index in [2.05, 4.69) is 25.9 Å². The molecule has 3 aromatic rings. The normalized spacial score (nSPS) is 17.5. The van der Waals surface area contributed by atoms with Crippen molar-refractivity contribution in [3.8, 4) is 17.0 Å². The van der Waals surface area contributed by atoms with Gasteiger partial charge >= 0.3 is 0 Å². The van der Waals surface area contributed by atoms with Gasteiger partial charge in [0, 0.05) is 48.6 Å². The fourth-order valence-corrected chi connectivity index (χ4v) is 4.14. The maximum absolute atomic E-state index is 9.54. The molecular weight excluding hydrogens is 372 g/mol. The number of hydrogen-bond donors (Lipinski definition) is 1. The molecule has 2 aromatic heterocycles. The van der Waals surface area contributed by atoms with Crippen molar-refractivity contribution in [2.75, 3.05) is 19.7 Å². The molecule has 0 saturated carbocycles. The van der Waals surface area contributed by atoms with E-state index in [0.29, 0.717) is 12.5 Å². The van der Waals surface area contributed by atoms with E-state index in [4.69, 9.17) is 4.74 Å². The van der Waals surface area contributed by atoms with Crippen molar-refractivity contribution in [1.82, 2.24) is 19.9 Å². The number of hydrogen-bond acceptors (Lipinski definition) is 7. The lowest BCUT2D eigenvalue weighted by molar-refractivity contribution is 0.115. The van der Waals surface area contributed by atoms with Gasteiger partial charge in [-0.25, -0.2) is 4.98 Å². The van der Waals surface area contributed by atoms with Gasteiger partial charge in [-0.05, 0) is 43.5 Å². The number of benzene rings is 1. The van der Waals surface area contributed by atoms with E-state index in [0.717, 1.165) is 60.7 Å². The standard InChI is InChI=1S/C21H24N4O2S/c26-12-16-2-1-7-25(10-16)11-18-8-17(20-9-22-5-6-23-20)3-4-21(18)27-13-19-14-28-15-24-19/h3-6,8-9,14-16,26H,1-2,7,10-13H2. The summed E-state index contributed by atoms with van der Waals surface area (Å²) in [5.41, 5.74) is 5.75. The van der Waals surface area contributed by atoms with Crippen LogP contribution in [-0.2, 0) is 13.2 Å². The second kappa shape index (κ2) is 9.23. The van der Waals surface area contributed by atoms with Crippen LogP contribution in [0, 0.1) is 5.92 Å². The number of nitrogens with zero attached hydrogens (tertiary/aromatic N) is 4. The molecule has 28 heavy (non-hydrogen) atoms. The quantitative estimate of drug-likeness (QED) is 0.660. The summed E-state index contributed by atoms with van der Waals surface area (Å²) in [5, 5.41) is 11.5. The molecule has 0 bridgehead atoms. The largest absolute Gasteiger partial charge is 0.487 e. The van der Waals surface area contributed by atoms with Gasteiger partial charge in [0.25, 0.3) is 0 Å². The number of thiazole rings is 1. The first-order chi connectivity index (χ1) is 13.8. The van der Waals surface area contributed by atoms with Crippen LogP contribution in [0.5, 0.6) is 5.75 Å². The molecule has 0 amide bonds. The smallest absolute Gasteiger partial charge is 0.131 e. The zero-order valence-electron chi connectivity index (χ0n) is 15.7. The molecule has 0 aliphatic carbocycles. The molecule has 1 unspecified atom stereocenters. The van der Waals surface area contributed by atoms with Gasteiger partial charge in [-0.2, -0.15) is 0 Å². The van der Waals surface area contributed by atoms with Gasteiger partial charge in [0.15, 0.2) is 0 Å². The Morgan fingerprint density at radius 2 is 2.21 bits per heavy atom. The number of rotatable bonds is 7.